The fourth-order valence-electron chi connectivity index (χ4n) is 1.34. The number of aliphatic hydroxyl groups excluding tert-OH is 1. The molecule has 0 aromatic heterocycles. The summed E-state index contributed by atoms with van der Waals surface area (Å²) >= 11 is 3.35. The Labute approximate surface area is 79.3 Å². The van der Waals surface area contributed by atoms with E-state index in [4.69, 9.17) is 4.74 Å². The van der Waals surface area contributed by atoms with Crippen molar-refractivity contribution in [2.24, 2.45) is 0 Å². The molecule has 1 heterocycles. The van der Waals surface area contributed by atoms with E-state index < -0.39 is 0 Å². The van der Waals surface area contributed by atoms with Gasteiger partial charge in [-0.2, -0.15) is 0 Å². The molecule has 0 saturated heterocycles. The lowest BCUT2D eigenvalue weighted by Crippen LogP contribution is -2.13. The van der Waals surface area contributed by atoms with Crippen molar-refractivity contribution in [1.82, 2.24) is 0 Å². The summed E-state index contributed by atoms with van der Waals surface area (Å²) < 4.78 is 6.37. The summed E-state index contributed by atoms with van der Waals surface area (Å²) in [5.41, 5.74) is 0.893. The normalized spacial score (nSPS) is 21.3. The van der Waals surface area contributed by atoms with Crippen LogP contribution in [0.1, 0.15) is 18.1 Å². The van der Waals surface area contributed by atoms with Crippen LogP contribution in [0.15, 0.2) is 22.7 Å². The standard InChI is InChI=1S/C9H9BrO2/c10-6-1-2-7-8(11)3-4-12-9(7)5-6/h1-2,5,8,11H,3-4H2/t8-/m1/s1. The van der Waals surface area contributed by atoms with E-state index in [9.17, 15) is 5.11 Å². The van der Waals surface area contributed by atoms with Crippen molar-refractivity contribution >= 4 is 15.9 Å². The zero-order valence-electron chi connectivity index (χ0n) is 6.46. The van der Waals surface area contributed by atoms with E-state index in [0.717, 1.165) is 15.8 Å². The molecular formula is C9H9BrO2. The molecule has 1 aliphatic heterocycles. The SMILES string of the molecule is O[C@@H]1CCOc2cc(Br)ccc21. The third-order valence-corrected chi connectivity index (χ3v) is 2.48. The summed E-state index contributed by atoms with van der Waals surface area (Å²) in [6, 6.07) is 5.69. The predicted molar refractivity (Wildman–Crippen MR) is 49.2 cm³/mol. The predicted octanol–water partition coefficient (Wildman–Crippen LogP) is 2.26. The van der Waals surface area contributed by atoms with Crippen LogP contribution in [0.4, 0.5) is 0 Å². The van der Waals surface area contributed by atoms with E-state index in [1.807, 2.05) is 18.2 Å². The van der Waals surface area contributed by atoms with E-state index >= 15 is 0 Å². The summed E-state index contributed by atoms with van der Waals surface area (Å²) in [7, 11) is 0. The third kappa shape index (κ3) is 1.34. The Kier molecular flexibility index (Phi) is 2.07. The lowest BCUT2D eigenvalue weighted by Gasteiger charge is -2.21. The van der Waals surface area contributed by atoms with Crippen molar-refractivity contribution in [3.8, 4) is 5.75 Å². The van der Waals surface area contributed by atoms with E-state index in [2.05, 4.69) is 15.9 Å². The van der Waals surface area contributed by atoms with Crippen LogP contribution in [0, 0.1) is 0 Å². The van der Waals surface area contributed by atoms with E-state index in [0.29, 0.717) is 13.0 Å². The Morgan fingerprint density at radius 2 is 2.33 bits per heavy atom. The first-order valence-corrected chi connectivity index (χ1v) is 4.67. The van der Waals surface area contributed by atoms with Crippen LogP contribution in [0.3, 0.4) is 0 Å². The molecule has 1 N–H and O–H groups in total. The van der Waals surface area contributed by atoms with Gasteiger partial charge < -0.3 is 9.84 Å². The van der Waals surface area contributed by atoms with Gasteiger partial charge in [-0.3, -0.25) is 0 Å². The molecule has 0 spiro atoms. The minimum Gasteiger partial charge on any atom is -0.493 e. The summed E-state index contributed by atoms with van der Waals surface area (Å²) in [5, 5.41) is 9.56. The Hall–Kier alpha value is -0.540. The lowest BCUT2D eigenvalue weighted by atomic mass is 10.0. The highest BCUT2D eigenvalue weighted by atomic mass is 79.9. The average Bonchev–Trinajstić information content (AvgIpc) is 2.04. The Balaban J connectivity index is 2.46. The minimum atomic E-state index is -0.359. The summed E-state index contributed by atoms with van der Waals surface area (Å²) in [6.45, 7) is 0.602. The van der Waals surface area contributed by atoms with Crippen molar-refractivity contribution in [2.45, 2.75) is 12.5 Å². The molecule has 2 nitrogen and oxygen atoms in total. The van der Waals surface area contributed by atoms with Crippen LogP contribution >= 0.6 is 15.9 Å². The molecular weight excluding hydrogens is 220 g/mol. The zero-order chi connectivity index (χ0) is 8.55. The van der Waals surface area contributed by atoms with Crippen LogP contribution in [0.25, 0.3) is 0 Å². The van der Waals surface area contributed by atoms with Gasteiger partial charge in [0.15, 0.2) is 0 Å². The van der Waals surface area contributed by atoms with Gasteiger partial charge in [-0.1, -0.05) is 22.0 Å². The van der Waals surface area contributed by atoms with Gasteiger partial charge >= 0.3 is 0 Å². The van der Waals surface area contributed by atoms with Crippen molar-refractivity contribution in [3.63, 3.8) is 0 Å². The maximum absolute atomic E-state index is 9.56. The Morgan fingerprint density at radius 3 is 3.17 bits per heavy atom. The molecule has 0 unspecified atom stereocenters. The Bertz CT molecular complexity index is 299. The fourth-order valence-corrected chi connectivity index (χ4v) is 1.68. The van der Waals surface area contributed by atoms with Crippen LogP contribution in [0.2, 0.25) is 0 Å². The number of hydrogen-bond acceptors (Lipinski definition) is 2. The Morgan fingerprint density at radius 1 is 1.50 bits per heavy atom. The van der Waals surface area contributed by atoms with Crippen molar-refractivity contribution in [2.75, 3.05) is 6.61 Å². The van der Waals surface area contributed by atoms with E-state index in [1.165, 1.54) is 0 Å². The number of rotatable bonds is 0. The van der Waals surface area contributed by atoms with Gasteiger partial charge in [0, 0.05) is 16.5 Å². The molecule has 0 saturated carbocycles. The number of fused-ring (bicyclic) bond motifs is 1. The quantitative estimate of drug-likeness (QED) is 0.739. The van der Waals surface area contributed by atoms with E-state index in [1.54, 1.807) is 0 Å². The van der Waals surface area contributed by atoms with Gasteiger partial charge in [0.1, 0.15) is 5.75 Å². The first-order chi connectivity index (χ1) is 5.77. The average molecular weight is 229 g/mol. The molecule has 0 radical (unpaired) electrons. The number of aliphatic hydroxyl groups is 1. The fraction of sp³-hybridized carbons (Fsp3) is 0.333. The summed E-state index contributed by atoms with van der Waals surface area (Å²) in [4.78, 5) is 0. The second kappa shape index (κ2) is 3.07. The number of ether oxygens (including phenoxy) is 1. The molecule has 0 amide bonds. The molecule has 0 bridgehead atoms. The maximum Gasteiger partial charge on any atom is 0.126 e. The lowest BCUT2D eigenvalue weighted by molar-refractivity contribution is 0.115. The summed E-state index contributed by atoms with van der Waals surface area (Å²) in [5.74, 6) is 0.795. The molecule has 2 rings (SSSR count). The topological polar surface area (TPSA) is 29.5 Å². The molecule has 12 heavy (non-hydrogen) atoms. The van der Waals surface area contributed by atoms with Gasteiger partial charge in [0.2, 0.25) is 0 Å². The highest BCUT2D eigenvalue weighted by Crippen LogP contribution is 2.33. The highest BCUT2D eigenvalue weighted by molar-refractivity contribution is 9.10. The van der Waals surface area contributed by atoms with Crippen LogP contribution in [0.5, 0.6) is 5.75 Å². The van der Waals surface area contributed by atoms with Crippen LogP contribution in [-0.2, 0) is 0 Å². The molecule has 1 aromatic carbocycles. The monoisotopic (exact) mass is 228 g/mol. The number of halogens is 1. The van der Waals surface area contributed by atoms with Crippen molar-refractivity contribution < 1.29 is 9.84 Å². The third-order valence-electron chi connectivity index (χ3n) is 1.98. The van der Waals surface area contributed by atoms with Crippen LogP contribution in [-0.4, -0.2) is 11.7 Å². The van der Waals surface area contributed by atoms with Crippen molar-refractivity contribution in [1.29, 1.82) is 0 Å². The van der Waals surface area contributed by atoms with Crippen LogP contribution < -0.4 is 4.74 Å². The van der Waals surface area contributed by atoms with E-state index in [-0.39, 0.29) is 6.10 Å². The number of hydrogen-bond donors (Lipinski definition) is 1. The second-order valence-electron chi connectivity index (χ2n) is 2.84. The molecule has 0 fully saturated rings. The van der Waals surface area contributed by atoms with Gasteiger partial charge in [-0.15, -0.1) is 0 Å². The highest BCUT2D eigenvalue weighted by Gasteiger charge is 2.18. The van der Waals surface area contributed by atoms with Gasteiger partial charge in [0.05, 0.1) is 12.7 Å². The first-order valence-electron chi connectivity index (χ1n) is 3.87. The maximum atomic E-state index is 9.56. The van der Waals surface area contributed by atoms with Gasteiger partial charge in [-0.05, 0) is 12.1 Å². The second-order valence-corrected chi connectivity index (χ2v) is 3.75. The summed E-state index contributed by atoms with van der Waals surface area (Å²) in [6.07, 6.45) is 0.330. The molecule has 1 atom stereocenters. The molecule has 0 aliphatic carbocycles. The number of benzene rings is 1. The molecule has 64 valence electrons. The van der Waals surface area contributed by atoms with Gasteiger partial charge in [0.25, 0.3) is 0 Å². The molecule has 3 heteroatoms. The first kappa shape index (κ1) is 8.08. The van der Waals surface area contributed by atoms with Crippen molar-refractivity contribution in [3.05, 3.63) is 28.2 Å². The molecule has 1 aliphatic rings. The smallest absolute Gasteiger partial charge is 0.126 e. The largest absolute Gasteiger partial charge is 0.493 e. The minimum absolute atomic E-state index is 0.359. The molecule has 1 aromatic rings. The van der Waals surface area contributed by atoms with Gasteiger partial charge in [-0.25, -0.2) is 0 Å². The zero-order valence-corrected chi connectivity index (χ0v) is 8.04.